The quantitative estimate of drug-likeness (QED) is 0.724. The SMILES string of the molecule is Cc1cc2ncc(C(=O)N(C)Cc3noc(C)n3)c(C)n2n1. The van der Waals surface area contributed by atoms with Gasteiger partial charge in [0.05, 0.1) is 23.5 Å². The van der Waals surface area contributed by atoms with Crippen LogP contribution in [0.1, 0.15) is 33.5 Å². The van der Waals surface area contributed by atoms with Gasteiger partial charge in [0.15, 0.2) is 11.5 Å². The molecule has 3 aromatic rings. The van der Waals surface area contributed by atoms with Crippen LogP contribution < -0.4 is 0 Å². The summed E-state index contributed by atoms with van der Waals surface area (Å²) in [5, 5.41) is 8.14. The zero-order valence-corrected chi connectivity index (χ0v) is 12.9. The van der Waals surface area contributed by atoms with Crippen LogP contribution in [-0.2, 0) is 6.54 Å². The minimum atomic E-state index is -0.164. The summed E-state index contributed by atoms with van der Waals surface area (Å²) in [6, 6.07) is 1.87. The van der Waals surface area contributed by atoms with Crippen molar-refractivity contribution in [3.8, 4) is 0 Å². The minimum absolute atomic E-state index is 0.164. The average molecular weight is 300 g/mol. The van der Waals surface area contributed by atoms with Crippen LogP contribution in [0.25, 0.3) is 5.65 Å². The second-order valence-electron chi connectivity index (χ2n) is 5.20. The van der Waals surface area contributed by atoms with Gasteiger partial charge < -0.3 is 9.42 Å². The normalized spacial score (nSPS) is 11.1. The van der Waals surface area contributed by atoms with Crippen molar-refractivity contribution in [2.45, 2.75) is 27.3 Å². The number of nitrogens with zero attached hydrogens (tertiary/aromatic N) is 6. The number of hydrogen-bond donors (Lipinski definition) is 0. The molecule has 0 radical (unpaired) electrons. The summed E-state index contributed by atoms with van der Waals surface area (Å²) in [6.45, 7) is 5.72. The van der Waals surface area contributed by atoms with Gasteiger partial charge in [0, 0.05) is 26.2 Å². The van der Waals surface area contributed by atoms with Crippen LogP contribution in [0, 0.1) is 20.8 Å². The number of rotatable bonds is 3. The van der Waals surface area contributed by atoms with Crippen LogP contribution in [0.3, 0.4) is 0 Å². The van der Waals surface area contributed by atoms with Crippen molar-refractivity contribution < 1.29 is 9.32 Å². The lowest BCUT2D eigenvalue weighted by Gasteiger charge is -2.16. The van der Waals surface area contributed by atoms with E-state index in [1.807, 2.05) is 19.9 Å². The zero-order valence-electron chi connectivity index (χ0n) is 12.9. The van der Waals surface area contributed by atoms with E-state index in [4.69, 9.17) is 4.52 Å². The largest absolute Gasteiger partial charge is 0.340 e. The van der Waals surface area contributed by atoms with Crippen molar-refractivity contribution in [1.82, 2.24) is 29.6 Å². The first-order valence-corrected chi connectivity index (χ1v) is 6.82. The predicted molar refractivity (Wildman–Crippen MR) is 77.3 cm³/mol. The monoisotopic (exact) mass is 300 g/mol. The Kier molecular flexibility index (Phi) is 3.36. The molecule has 1 amide bonds. The fraction of sp³-hybridized carbons (Fsp3) is 0.357. The van der Waals surface area contributed by atoms with E-state index >= 15 is 0 Å². The maximum absolute atomic E-state index is 12.6. The third kappa shape index (κ3) is 2.43. The molecule has 3 heterocycles. The van der Waals surface area contributed by atoms with Gasteiger partial charge >= 0.3 is 0 Å². The molecule has 3 aromatic heterocycles. The van der Waals surface area contributed by atoms with Gasteiger partial charge in [0.2, 0.25) is 5.89 Å². The second-order valence-corrected chi connectivity index (χ2v) is 5.20. The van der Waals surface area contributed by atoms with Crippen molar-refractivity contribution in [1.29, 1.82) is 0 Å². The van der Waals surface area contributed by atoms with E-state index in [0.717, 1.165) is 17.0 Å². The summed E-state index contributed by atoms with van der Waals surface area (Å²) in [7, 11) is 1.69. The van der Waals surface area contributed by atoms with Crippen molar-refractivity contribution in [3.05, 3.63) is 40.9 Å². The Labute approximate surface area is 126 Å². The molecule has 0 aliphatic rings. The number of carbonyl (C=O) groups excluding carboxylic acids is 1. The minimum Gasteiger partial charge on any atom is -0.340 e. The van der Waals surface area contributed by atoms with Gasteiger partial charge in [-0.15, -0.1) is 0 Å². The van der Waals surface area contributed by atoms with E-state index in [9.17, 15) is 4.79 Å². The lowest BCUT2D eigenvalue weighted by Crippen LogP contribution is -2.28. The van der Waals surface area contributed by atoms with Gasteiger partial charge in [-0.1, -0.05) is 5.16 Å². The molecule has 3 rings (SSSR count). The molecule has 0 atom stereocenters. The average Bonchev–Trinajstić information content (AvgIpc) is 3.04. The van der Waals surface area contributed by atoms with E-state index in [-0.39, 0.29) is 12.5 Å². The second kappa shape index (κ2) is 5.21. The highest BCUT2D eigenvalue weighted by Crippen LogP contribution is 2.13. The Bertz CT molecular complexity index is 850. The zero-order chi connectivity index (χ0) is 15.9. The number of amides is 1. The molecule has 0 aliphatic heterocycles. The van der Waals surface area contributed by atoms with Gasteiger partial charge in [-0.2, -0.15) is 10.1 Å². The molecule has 0 bridgehead atoms. The predicted octanol–water partition coefficient (Wildman–Crippen LogP) is 1.31. The fourth-order valence-electron chi connectivity index (χ4n) is 2.27. The summed E-state index contributed by atoms with van der Waals surface area (Å²) < 4.78 is 6.58. The third-order valence-electron chi connectivity index (χ3n) is 3.37. The molecule has 0 unspecified atom stereocenters. The van der Waals surface area contributed by atoms with Crippen molar-refractivity contribution in [2.75, 3.05) is 7.05 Å². The van der Waals surface area contributed by atoms with Crippen molar-refractivity contribution in [3.63, 3.8) is 0 Å². The van der Waals surface area contributed by atoms with Gasteiger partial charge in [-0.25, -0.2) is 9.50 Å². The van der Waals surface area contributed by atoms with E-state index < -0.39 is 0 Å². The van der Waals surface area contributed by atoms with Crippen LogP contribution in [0.4, 0.5) is 0 Å². The van der Waals surface area contributed by atoms with Crippen LogP contribution >= 0.6 is 0 Å². The molecule has 0 fully saturated rings. The molecular formula is C14H16N6O2. The molecule has 8 heteroatoms. The first kappa shape index (κ1) is 14.2. The maximum Gasteiger partial charge on any atom is 0.257 e. The highest BCUT2D eigenvalue weighted by molar-refractivity contribution is 5.95. The molecule has 0 saturated heterocycles. The maximum atomic E-state index is 12.6. The van der Waals surface area contributed by atoms with Gasteiger partial charge in [-0.3, -0.25) is 4.79 Å². The van der Waals surface area contributed by atoms with Crippen LogP contribution in [-0.4, -0.2) is 42.6 Å². The molecule has 8 nitrogen and oxygen atoms in total. The number of aryl methyl sites for hydroxylation is 3. The van der Waals surface area contributed by atoms with E-state index in [1.165, 1.54) is 4.90 Å². The Morgan fingerprint density at radius 2 is 2.14 bits per heavy atom. The van der Waals surface area contributed by atoms with Crippen molar-refractivity contribution >= 4 is 11.6 Å². The first-order valence-electron chi connectivity index (χ1n) is 6.82. The Morgan fingerprint density at radius 1 is 1.36 bits per heavy atom. The molecule has 0 aliphatic carbocycles. The number of fused-ring (bicyclic) bond motifs is 1. The van der Waals surface area contributed by atoms with Crippen molar-refractivity contribution in [2.24, 2.45) is 0 Å². The smallest absolute Gasteiger partial charge is 0.257 e. The van der Waals surface area contributed by atoms with Crippen LogP contribution in [0.2, 0.25) is 0 Å². The van der Waals surface area contributed by atoms with Gasteiger partial charge in [-0.05, 0) is 13.8 Å². The summed E-state index contributed by atoms with van der Waals surface area (Å²) in [5.74, 6) is 0.777. The Morgan fingerprint density at radius 3 is 2.82 bits per heavy atom. The molecule has 0 spiro atoms. The van der Waals surface area contributed by atoms with E-state index in [1.54, 1.807) is 24.7 Å². The lowest BCUT2D eigenvalue weighted by atomic mass is 10.2. The van der Waals surface area contributed by atoms with Crippen LogP contribution in [0.5, 0.6) is 0 Å². The molecule has 22 heavy (non-hydrogen) atoms. The van der Waals surface area contributed by atoms with Crippen LogP contribution in [0.15, 0.2) is 16.8 Å². The summed E-state index contributed by atoms with van der Waals surface area (Å²) in [4.78, 5) is 22.5. The van der Waals surface area contributed by atoms with E-state index in [2.05, 4.69) is 20.2 Å². The summed E-state index contributed by atoms with van der Waals surface area (Å²) in [5.41, 5.74) is 2.83. The number of aromatic nitrogens is 5. The summed E-state index contributed by atoms with van der Waals surface area (Å²) >= 11 is 0. The molecular weight excluding hydrogens is 284 g/mol. The molecule has 0 saturated carbocycles. The highest BCUT2D eigenvalue weighted by atomic mass is 16.5. The Balaban J connectivity index is 1.89. The lowest BCUT2D eigenvalue weighted by molar-refractivity contribution is 0.0778. The summed E-state index contributed by atoms with van der Waals surface area (Å²) in [6.07, 6.45) is 1.58. The highest BCUT2D eigenvalue weighted by Gasteiger charge is 2.19. The topological polar surface area (TPSA) is 89.4 Å². The fourth-order valence-corrected chi connectivity index (χ4v) is 2.27. The molecule has 0 aromatic carbocycles. The molecule has 114 valence electrons. The first-order chi connectivity index (χ1) is 10.5. The number of hydrogen-bond acceptors (Lipinski definition) is 6. The van der Waals surface area contributed by atoms with Gasteiger partial charge in [0.1, 0.15) is 0 Å². The molecule has 0 N–H and O–H groups in total. The standard InChI is InChI=1S/C14H16N6O2/c1-8-5-13-15-6-11(9(2)20(13)17-8)14(21)19(4)7-12-16-10(3)22-18-12/h5-6H,7H2,1-4H3. The number of carbonyl (C=O) groups is 1. The third-order valence-corrected chi connectivity index (χ3v) is 3.37. The van der Waals surface area contributed by atoms with Gasteiger partial charge in [0.25, 0.3) is 5.91 Å². The Hall–Kier alpha value is -2.77. The van der Waals surface area contributed by atoms with E-state index in [0.29, 0.717) is 17.3 Å².